The number of aromatic nitrogens is 4. The lowest BCUT2D eigenvalue weighted by atomic mass is 10.2. The summed E-state index contributed by atoms with van der Waals surface area (Å²) in [5, 5.41) is 17.1. The van der Waals surface area contributed by atoms with Crippen LogP contribution in [0.3, 0.4) is 0 Å². The van der Waals surface area contributed by atoms with Gasteiger partial charge in [-0.25, -0.2) is 0 Å². The van der Waals surface area contributed by atoms with Crippen LogP contribution in [0.4, 0.5) is 5.95 Å². The van der Waals surface area contributed by atoms with Crippen molar-refractivity contribution in [2.75, 3.05) is 11.9 Å². The largest absolute Gasteiger partial charge is 0.494 e. The van der Waals surface area contributed by atoms with Crippen LogP contribution in [-0.2, 0) is 6.54 Å². The average Bonchev–Trinajstić information content (AvgIpc) is 2.82. The van der Waals surface area contributed by atoms with Gasteiger partial charge in [0.05, 0.1) is 6.61 Å². The topological polar surface area (TPSA) is 75.7 Å². The van der Waals surface area contributed by atoms with E-state index in [0.29, 0.717) is 24.1 Å². The first-order valence-corrected chi connectivity index (χ1v) is 5.56. The molecule has 0 aliphatic rings. The Labute approximate surface area is 103 Å². The summed E-state index contributed by atoms with van der Waals surface area (Å²) in [6.45, 7) is 3.07. The van der Waals surface area contributed by atoms with Crippen LogP contribution in [-0.4, -0.2) is 27.2 Å². The summed E-state index contributed by atoms with van der Waals surface area (Å²) < 4.78 is 5.50. The molecule has 0 unspecified atom stereocenters. The Morgan fingerprint density at radius 3 is 3.06 bits per heavy atom. The SMILES string of the molecule is CCOc1ccc(Cl)cc1CNc1nn[nH]n1. The molecule has 1 aromatic heterocycles. The number of hydrogen-bond acceptors (Lipinski definition) is 5. The second kappa shape index (κ2) is 5.49. The van der Waals surface area contributed by atoms with Crippen LogP contribution >= 0.6 is 11.6 Å². The van der Waals surface area contributed by atoms with Crippen molar-refractivity contribution in [3.8, 4) is 5.75 Å². The summed E-state index contributed by atoms with van der Waals surface area (Å²) in [5.41, 5.74) is 0.948. The van der Waals surface area contributed by atoms with Crippen molar-refractivity contribution in [1.29, 1.82) is 0 Å². The van der Waals surface area contributed by atoms with Gasteiger partial charge in [-0.15, -0.1) is 5.10 Å². The number of halogens is 1. The summed E-state index contributed by atoms with van der Waals surface area (Å²) in [6.07, 6.45) is 0. The fourth-order valence-electron chi connectivity index (χ4n) is 1.39. The molecule has 0 spiro atoms. The van der Waals surface area contributed by atoms with Gasteiger partial charge in [-0.3, -0.25) is 0 Å². The fraction of sp³-hybridized carbons (Fsp3) is 0.300. The molecule has 0 saturated heterocycles. The summed E-state index contributed by atoms with van der Waals surface area (Å²) >= 11 is 5.94. The Morgan fingerprint density at radius 2 is 2.35 bits per heavy atom. The van der Waals surface area contributed by atoms with Gasteiger partial charge in [-0.2, -0.15) is 5.21 Å². The van der Waals surface area contributed by atoms with E-state index < -0.39 is 0 Å². The van der Waals surface area contributed by atoms with E-state index in [4.69, 9.17) is 16.3 Å². The maximum Gasteiger partial charge on any atom is 0.263 e. The smallest absolute Gasteiger partial charge is 0.263 e. The Balaban J connectivity index is 2.10. The zero-order valence-corrected chi connectivity index (χ0v) is 10.0. The highest BCUT2D eigenvalue weighted by molar-refractivity contribution is 6.30. The maximum atomic E-state index is 5.94. The van der Waals surface area contributed by atoms with Gasteiger partial charge in [0.15, 0.2) is 0 Å². The fourth-order valence-corrected chi connectivity index (χ4v) is 1.59. The first kappa shape index (κ1) is 11.7. The van der Waals surface area contributed by atoms with Gasteiger partial charge in [0, 0.05) is 17.1 Å². The second-order valence-electron chi connectivity index (χ2n) is 3.27. The monoisotopic (exact) mass is 253 g/mol. The molecule has 0 fully saturated rings. The Morgan fingerprint density at radius 1 is 1.47 bits per heavy atom. The highest BCUT2D eigenvalue weighted by Crippen LogP contribution is 2.23. The zero-order valence-electron chi connectivity index (χ0n) is 9.27. The van der Waals surface area contributed by atoms with Gasteiger partial charge in [-0.1, -0.05) is 16.7 Å². The number of tetrazole rings is 1. The number of nitrogens with one attached hydrogen (secondary N) is 2. The molecule has 6 nitrogen and oxygen atoms in total. The van der Waals surface area contributed by atoms with Gasteiger partial charge < -0.3 is 10.1 Å². The molecular formula is C10H12ClN5O. The van der Waals surface area contributed by atoms with Crippen LogP contribution in [0.15, 0.2) is 18.2 Å². The van der Waals surface area contributed by atoms with Crippen molar-refractivity contribution >= 4 is 17.5 Å². The minimum Gasteiger partial charge on any atom is -0.494 e. The number of aromatic amines is 1. The molecule has 0 bridgehead atoms. The van der Waals surface area contributed by atoms with E-state index in [1.807, 2.05) is 19.1 Å². The lowest BCUT2D eigenvalue weighted by Gasteiger charge is -2.10. The number of H-pyrrole nitrogens is 1. The molecule has 0 saturated carbocycles. The number of hydrogen-bond donors (Lipinski definition) is 2. The van der Waals surface area contributed by atoms with E-state index in [9.17, 15) is 0 Å². The molecule has 0 radical (unpaired) electrons. The Bertz CT molecular complexity index is 474. The lowest BCUT2D eigenvalue weighted by Crippen LogP contribution is -2.04. The highest BCUT2D eigenvalue weighted by atomic mass is 35.5. The van der Waals surface area contributed by atoms with E-state index in [-0.39, 0.29) is 0 Å². The molecule has 7 heteroatoms. The number of rotatable bonds is 5. The average molecular weight is 254 g/mol. The molecule has 1 aromatic carbocycles. The van der Waals surface area contributed by atoms with Gasteiger partial charge in [-0.05, 0) is 30.3 Å². The summed E-state index contributed by atoms with van der Waals surface area (Å²) in [4.78, 5) is 0. The molecule has 1 heterocycles. The molecular weight excluding hydrogens is 242 g/mol. The predicted molar refractivity (Wildman–Crippen MR) is 64.1 cm³/mol. The first-order chi connectivity index (χ1) is 8.29. The van der Waals surface area contributed by atoms with Crippen LogP contribution < -0.4 is 10.1 Å². The summed E-state index contributed by atoms with van der Waals surface area (Å²) in [5.74, 6) is 1.24. The molecule has 0 amide bonds. The summed E-state index contributed by atoms with van der Waals surface area (Å²) in [6, 6.07) is 5.49. The molecule has 0 aliphatic heterocycles. The minimum atomic E-state index is 0.437. The van der Waals surface area contributed by atoms with Crippen LogP contribution in [0.2, 0.25) is 5.02 Å². The molecule has 2 aromatic rings. The quantitative estimate of drug-likeness (QED) is 0.851. The van der Waals surface area contributed by atoms with Gasteiger partial charge in [0.1, 0.15) is 5.75 Å². The van der Waals surface area contributed by atoms with E-state index in [0.717, 1.165) is 11.3 Å². The lowest BCUT2D eigenvalue weighted by molar-refractivity contribution is 0.337. The van der Waals surface area contributed by atoms with E-state index in [1.165, 1.54) is 0 Å². The third-order valence-corrected chi connectivity index (χ3v) is 2.34. The van der Waals surface area contributed by atoms with Gasteiger partial charge in [0.2, 0.25) is 0 Å². The minimum absolute atomic E-state index is 0.437. The molecule has 2 N–H and O–H groups in total. The van der Waals surface area contributed by atoms with Crippen LogP contribution in [0.5, 0.6) is 5.75 Å². The van der Waals surface area contributed by atoms with Crippen molar-refractivity contribution in [2.24, 2.45) is 0 Å². The number of nitrogens with zero attached hydrogens (tertiary/aromatic N) is 3. The molecule has 0 atom stereocenters. The van der Waals surface area contributed by atoms with Crippen molar-refractivity contribution in [2.45, 2.75) is 13.5 Å². The number of anilines is 1. The van der Waals surface area contributed by atoms with Gasteiger partial charge >= 0.3 is 0 Å². The van der Waals surface area contributed by atoms with E-state index in [1.54, 1.807) is 6.07 Å². The number of benzene rings is 1. The van der Waals surface area contributed by atoms with Crippen LogP contribution in [0.25, 0.3) is 0 Å². The van der Waals surface area contributed by atoms with E-state index in [2.05, 4.69) is 25.9 Å². The van der Waals surface area contributed by atoms with Crippen molar-refractivity contribution in [3.05, 3.63) is 28.8 Å². The molecule has 17 heavy (non-hydrogen) atoms. The van der Waals surface area contributed by atoms with Crippen molar-refractivity contribution in [1.82, 2.24) is 20.6 Å². The third-order valence-electron chi connectivity index (χ3n) is 2.10. The highest BCUT2D eigenvalue weighted by Gasteiger charge is 2.05. The Hall–Kier alpha value is -1.82. The standard InChI is InChI=1S/C10H12ClN5O/c1-2-17-9-4-3-8(11)5-7(9)6-12-10-13-15-16-14-10/h3-5H,2,6H2,1H3,(H2,12,13,14,15,16). The molecule has 90 valence electrons. The summed E-state index contributed by atoms with van der Waals surface area (Å²) in [7, 11) is 0. The number of ether oxygens (including phenoxy) is 1. The normalized spacial score (nSPS) is 10.2. The predicted octanol–water partition coefficient (Wildman–Crippen LogP) is 1.86. The third kappa shape index (κ3) is 3.07. The first-order valence-electron chi connectivity index (χ1n) is 5.18. The maximum absolute atomic E-state index is 5.94. The van der Waals surface area contributed by atoms with Crippen LogP contribution in [0, 0.1) is 0 Å². The van der Waals surface area contributed by atoms with Crippen molar-refractivity contribution < 1.29 is 4.74 Å². The van der Waals surface area contributed by atoms with Crippen LogP contribution in [0.1, 0.15) is 12.5 Å². The van der Waals surface area contributed by atoms with Gasteiger partial charge in [0.25, 0.3) is 5.95 Å². The molecule has 2 rings (SSSR count). The van der Waals surface area contributed by atoms with Crippen molar-refractivity contribution in [3.63, 3.8) is 0 Å². The Kier molecular flexibility index (Phi) is 3.77. The van der Waals surface area contributed by atoms with E-state index >= 15 is 0 Å². The second-order valence-corrected chi connectivity index (χ2v) is 3.71. The zero-order chi connectivity index (χ0) is 12.1. The molecule has 0 aliphatic carbocycles.